The third kappa shape index (κ3) is 4.43. The smallest absolute Gasteiger partial charge is 0.0543 e. The lowest BCUT2D eigenvalue weighted by molar-refractivity contribution is 0.152. The number of aryl methyl sites for hydroxylation is 1. The monoisotopic (exact) mass is 192 g/mol. The van der Waals surface area contributed by atoms with Gasteiger partial charge >= 0.3 is 0 Å². The molecule has 1 heteroatoms. The lowest BCUT2D eigenvalue weighted by Gasteiger charge is -2.09. The van der Waals surface area contributed by atoms with E-state index in [1.54, 1.807) is 0 Å². The Kier molecular flexibility index (Phi) is 5.31. The van der Waals surface area contributed by atoms with E-state index in [1.165, 1.54) is 12.0 Å². The van der Waals surface area contributed by atoms with Crippen LogP contribution in [-0.4, -0.2) is 11.2 Å². The van der Waals surface area contributed by atoms with Crippen LogP contribution >= 0.6 is 0 Å². The minimum atomic E-state index is -0.116. The summed E-state index contributed by atoms with van der Waals surface area (Å²) in [6.45, 7) is 2.16. The fourth-order valence-electron chi connectivity index (χ4n) is 1.56. The van der Waals surface area contributed by atoms with Crippen LogP contribution in [0.2, 0.25) is 0 Å². The lowest BCUT2D eigenvalue weighted by atomic mass is 10.0. The van der Waals surface area contributed by atoms with Gasteiger partial charge in [-0.15, -0.1) is 0 Å². The highest BCUT2D eigenvalue weighted by Crippen LogP contribution is 2.09. The first-order valence-corrected chi connectivity index (χ1v) is 5.55. The van der Waals surface area contributed by atoms with Crippen LogP contribution in [0.1, 0.15) is 38.2 Å². The molecule has 0 saturated carbocycles. The summed E-state index contributed by atoms with van der Waals surface area (Å²) in [7, 11) is 0. The first kappa shape index (κ1) is 11.3. The predicted molar refractivity (Wildman–Crippen MR) is 60.3 cm³/mol. The minimum absolute atomic E-state index is 0.116. The third-order valence-corrected chi connectivity index (χ3v) is 2.50. The van der Waals surface area contributed by atoms with E-state index in [9.17, 15) is 5.11 Å². The van der Waals surface area contributed by atoms with Crippen LogP contribution < -0.4 is 0 Å². The van der Waals surface area contributed by atoms with Crippen molar-refractivity contribution in [2.24, 2.45) is 0 Å². The van der Waals surface area contributed by atoms with Gasteiger partial charge in [0.2, 0.25) is 0 Å². The topological polar surface area (TPSA) is 20.2 Å². The Hall–Kier alpha value is -0.820. The summed E-state index contributed by atoms with van der Waals surface area (Å²) in [4.78, 5) is 0. The Labute approximate surface area is 86.8 Å². The third-order valence-electron chi connectivity index (χ3n) is 2.50. The molecule has 0 heterocycles. The molecule has 0 spiro atoms. The molecule has 1 atom stereocenters. The molecule has 1 N–H and O–H groups in total. The Morgan fingerprint density at radius 3 is 2.50 bits per heavy atom. The van der Waals surface area contributed by atoms with Gasteiger partial charge in [0.05, 0.1) is 6.10 Å². The summed E-state index contributed by atoms with van der Waals surface area (Å²) in [5.74, 6) is 0. The molecule has 0 fully saturated rings. The van der Waals surface area contributed by atoms with Crippen molar-refractivity contribution in [1.29, 1.82) is 0 Å². The van der Waals surface area contributed by atoms with Crippen molar-refractivity contribution in [3.8, 4) is 0 Å². The van der Waals surface area contributed by atoms with Crippen molar-refractivity contribution < 1.29 is 5.11 Å². The van der Waals surface area contributed by atoms with Crippen molar-refractivity contribution in [2.75, 3.05) is 0 Å². The molecular weight excluding hydrogens is 172 g/mol. The van der Waals surface area contributed by atoms with Gasteiger partial charge in [-0.2, -0.15) is 0 Å². The normalized spacial score (nSPS) is 12.7. The number of aliphatic hydroxyl groups excluding tert-OH is 1. The SMILES string of the molecule is CCCCC(O)CCc1ccccc1. The van der Waals surface area contributed by atoms with E-state index in [1.807, 2.05) is 18.2 Å². The van der Waals surface area contributed by atoms with Gasteiger partial charge in [-0.3, -0.25) is 0 Å². The highest BCUT2D eigenvalue weighted by atomic mass is 16.3. The summed E-state index contributed by atoms with van der Waals surface area (Å²) in [5.41, 5.74) is 1.32. The molecule has 0 saturated heterocycles. The fourth-order valence-corrected chi connectivity index (χ4v) is 1.56. The molecule has 1 unspecified atom stereocenters. The zero-order valence-corrected chi connectivity index (χ0v) is 8.95. The van der Waals surface area contributed by atoms with Gasteiger partial charge in [0.1, 0.15) is 0 Å². The maximum Gasteiger partial charge on any atom is 0.0543 e. The fraction of sp³-hybridized carbons (Fsp3) is 0.538. The molecule has 1 aromatic rings. The molecule has 14 heavy (non-hydrogen) atoms. The van der Waals surface area contributed by atoms with Gasteiger partial charge in [-0.05, 0) is 24.8 Å². The van der Waals surface area contributed by atoms with Gasteiger partial charge in [-0.1, -0.05) is 50.1 Å². The van der Waals surface area contributed by atoms with Gasteiger partial charge in [-0.25, -0.2) is 0 Å². The van der Waals surface area contributed by atoms with E-state index in [0.29, 0.717) is 0 Å². The lowest BCUT2D eigenvalue weighted by Crippen LogP contribution is -2.07. The maximum absolute atomic E-state index is 9.64. The van der Waals surface area contributed by atoms with Crippen LogP contribution in [0.15, 0.2) is 30.3 Å². The largest absolute Gasteiger partial charge is 0.393 e. The predicted octanol–water partition coefficient (Wildman–Crippen LogP) is 3.17. The van der Waals surface area contributed by atoms with E-state index in [2.05, 4.69) is 19.1 Å². The van der Waals surface area contributed by atoms with Crippen molar-refractivity contribution >= 4 is 0 Å². The molecule has 78 valence electrons. The summed E-state index contributed by atoms with van der Waals surface area (Å²) in [6, 6.07) is 10.4. The first-order valence-electron chi connectivity index (χ1n) is 5.55. The molecule has 0 aromatic heterocycles. The number of benzene rings is 1. The first-order chi connectivity index (χ1) is 6.83. The van der Waals surface area contributed by atoms with Crippen LogP contribution in [0.4, 0.5) is 0 Å². The molecule has 0 amide bonds. The molecule has 0 radical (unpaired) electrons. The Balaban J connectivity index is 2.20. The van der Waals surface area contributed by atoms with Crippen LogP contribution in [0.3, 0.4) is 0 Å². The van der Waals surface area contributed by atoms with Crippen molar-refractivity contribution in [3.63, 3.8) is 0 Å². The number of hydrogen-bond donors (Lipinski definition) is 1. The van der Waals surface area contributed by atoms with E-state index in [4.69, 9.17) is 0 Å². The van der Waals surface area contributed by atoms with Crippen molar-refractivity contribution in [3.05, 3.63) is 35.9 Å². The van der Waals surface area contributed by atoms with Gasteiger partial charge in [0.25, 0.3) is 0 Å². The zero-order valence-electron chi connectivity index (χ0n) is 8.95. The summed E-state index contributed by atoms with van der Waals surface area (Å²) >= 11 is 0. The molecule has 1 nitrogen and oxygen atoms in total. The maximum atomic E-state index is 9.64. The molecule has 0 aliphatic carbocycles. The number of aliphatic hydroxyl groups is 1. The van der Waals surface area contributed by atoms with Crippen LogP contribution in [0.25, 0.3) is 0 Å². The van der Waals surface area contributed by atoms with Crippen molar-refractivity contribution in [1.82, 2.24) is 0 Å². The quantitative estimate of drug-likeness (QED) is 0.734. The molecule has 0 bridgehead atoms. The Bertz CT molecular complexity index is 230. The van der Waals surface area contributed by atoms with Gasteiger partial charge in [0, 0.05) is 0 Å². The summed E-state index contributed by atoms with van der Waals surface area (Å²) in [5, 5.41) is 9.64. The molecule has 0 aliphatic heterocycles. The molecule has 1 aromatic carbocycles. The highest BCUT2D eigenvalue weighted by Gasteiger charge is 2.03. The second-order valence-corrected chi connectivity index (χ2v) is 3.82. The second kappa shape index (κ2) is 6.61. The van der Waals surface area contributed by atoms with E-state index in [0.717, 1.165) is 25.7 Å². The second-order valence-electron chi connectivity index (χ2n) is 3.82. The average Bonchev–Trinajstić information content (AvgIpc) is 2.25. The summed E-state index contributed by atoms with van der Waals surface area (Å²) in [6.07, 6.45) is 5.02. The summed E-state index contributed by atoms with van der Waals surface area (Å²) < 4.78 is 0. The van der Waals surface area contributed by atoms with Crippen LogP contribution in [0, 0.1) is 0 Å². The van der Waals surface area contributed by atoms with Crippen LogP contribution in [0.5, 0.6) is 0 Å². The Morgan fingerprint density at radius 1 is 1.14 bits per heavy atom. The number of unbranched alkanes of at least 4 members (excludes halogenated alkanes) is 1. The van der Waals surface area contributed by atoms with Crippen LogP contribution in [-0.2, 0) is 6.42 Å². The Morgan fingerprint density at radius 2 is 1.86 bits per heavy atom. The highest BCUT2D eigenvalue weighted by molar-refractivity contribution is 5.14. The molecular formula is C13H20O. The van der Waals surface area contributed by atoms with Crippen molar-refractivity contribution in [2.45, 2.75) is 45.1 Å². The van der Waals surface area contributed by atoms with Gasteiger partial charge in [0.15, 0.2) is 0 Å². The number of hydrogen-bond acceptors (Lipinski definition) is 1. The van der Waals surface area contributed by atoms with E-state index in [-0.39, 0.29) is 6.10 Å². The number of rotatable bonds is 6. The molecule has 0 aliphatic rings. The standard InChI is InChI=1S/C13H20O/c1-2-3-9-13(14)11-10-12-7-5-4-6-8-12/h4-8,13-14H,2-3,9-11H2,1H3. The van der Waals surface area contributed by atoms with Gasteiger partial charge < -0.3 is 5.11 Å². The molecule has 1 rings (SSSR count). The zero-order chi connectivity index (χ0) is 10.2. The average molecular weight is 192 g/mol. The van der Waals surface area contributed by atoms with E-state index < -0.39 is 0 Å². The minimum Gasteiger partial charge on any atom is -0.393 e. The van der Waals surface area contributed by atoms with E-state index >= 15 is 0 Å².